The molecule has 0 radical (unpaired) electrons. The molecule has 0 N–H and O–H groups in total. The maximum Gasteiger partial charge on any atom is 0.185 e. The molecule has 124 valence electrons. The number of nitrogens with zero attached hydrogens (tertiary/aromatic N) is 1. The lowest BCUT2D eigenvalue weighted by molar-refractivity contribution is 0.104. The van der Waals surface area contributed by atoms with Crippen molar-refractivity contribution in [2.24, 2.45) is 0 Å². The molecule has 0 aliphatic carbocycles. The lowest BCUT2D eigenvalue weighted by Gasteiger charge is -2.22. The van der Waals surface area contributed by atoms with E-state index in [1.165, 1.54) is 31.4 Å². The van der Waals surface area contributed by atoms with Crippen molar-refractivity contribution < 1.29 is 4.79 Å². The van der Waals surface area contributed by atoms with Gasteiger partial charge >= 0.3 is 0 Å². The quantitative estimate of drug-likeness (QED) is 0.532. The Labute approximate surface area is 148 Å². The van der Waals surface area contributed by atoms with Gasteiger partial charge in [0.1, 0.15) is 0 Å². The second kappa shape index (κ2) is 8.16. The maximum absolute atomic E-state index is 12.3. The molecule has 1 aliphatic heterocycles. The first-order chi connectivity index (χ1) is 11.7. The Kier molecular flexibility index (Phi) is 5.71. The van der Waals surface area contributed by atoms with E-state index in [4.69, 9.17) is 11.6 Å². The van der Waals surface area contributed by atoms with Crippen molar-refractivity contribution >= 4 is 29.1 Å². The Hall–Kier alpha value is -2.06. The molecule has 0 aromatic heterocycles. The molecule has 0 unspecified atom stereocenters. The molecule has 3 heteroatoms. The zero-order valence-corrected chi connectivity index (χ0v) is 14.5. The summed E-state index contributed by atoms with van der Waals surface area (Å²) in [5, 5.41) is 0.697. The van der Waals surface area contributed by atoms with E-state index in [-0.39, 0.29) is 5.78 Å². The van der Waals surface area contributed by atoms with Gasteiger partial charge in [-0.1, -0.05) is 42.7 Å². The van der Waals surface area contributed by atoms with Crippen LogP contribution >= 0.6 is 11.6 Å². The molecule has 24 heavy (non-hydrogen) atoms. The van der Waals surface area contributed by atoms with E-state index in [1.54, 1.807) is 6.08 Å². The van der Waals surface area contributed by atoms with E-state index in [0.717, 1.165) is 24.2 Å². The van der Waals surface area contributed by atoms with Gasteiger partial charge in [0, 0.05) is 29.4 Å². The van der Waals surface area contributed by atoms with E-state index < -0.39 is 0 Å². The first kappa shape index (κ1) is 16.8. The highest BCUT2D eigenvalue weighted by molar-refractivity contribution is 6.30. The molecule has 1 heterocycles. The van der Waals surface area contributed by atoms with Crippen LogP contribution in [0.5, 0.6) is 0 Å². The standard InChI is InChI=1S/C21H22ClNO/c22-19-10-5-17(6-11-19)7-14-21(24)18-8-12-20(13-9-18)23-15-3-1-2-4-16-23/h5-14H,1-4,15-16H2/b14-7+. The van der Waals surface area contributed by atoms with Crippen LogP contribution in [0.15, 0.2) is 54.6 Å². The SMILES string of the molecule is O=C(/C=C/c1ccc(Cl)cc1)c1ccc(N2CCCCCC2)cc1. The van der Waals surface area contributed by atoms with Crippen LogP contribution in [0.2, 0.25) is 5.02 Å². The molecule has 1 saturated heterocycles. The number of hydrogen-bond acceptors (Lipinski definition) is 2. The highest BCUT2D eigenvalue weighted by atomic mass is 35.5. The molecule has 0 atom stereocenters. The largest absolute Gasteiger partial charge is 0.372 e. The van der Waals surface area contributed by atoms with Crippen LogP contribution in [0.1, 0.15) is 41.6 Å². The topological polar surface area (TPSA) is 20.3 Å². The fourth-order valence-electron chi connectivity index (χ4n) is 3.01. The molecule has 3 rings (SSSR count). The second-order valence-corrected chi connectivity index (χ2v) is 6.63. The number of hydrogen-bond donors (Lipinski definition) is 0. The van der Waals surface area contributed by atoms with Crippen molar-refractivity contribution in [3.8, 4) is 0 Å². The molecule has 0 amide bonds. The summed E-state index contributed by atoms with van der Waals surface area (Å²) in [6.45, 7) is 2.23. The summed E-state index contributed by atoms with van der Waals surface area (Å²) in [4.78, 5) is 14.7. The zero-order chi connectivity index (χ0) is 16.8. The first-order valence-electron chi connectivity index (χ1n) is 8.55. The number of rotatable bonds is 4. The second-order valence-electron chi connectivity index (χ2n) is 6.20. The predicted octanol–water partition coefficient (Wildman–Crippen LogP) is 5.62. The van der Waals surface area contributed by atoms with E-state index in [1.807, 2.05) is 42.5 Å². The minimum absolute atomic E-state index is 0.0207. The maximum atomic E-state index is 12.3. The van der Waals surface area contributed by atoms with Crippen LogP contribution in [0.25, 0.3) is 6.08 Å². The molecule has 0 spiro atoms. The zero-order valence-electron chi connectivity index (χ0n) is 13.7. The van der Waals surface area contributed by atoms with Crippen molar-refractivity contribution in [2.45, 2.75) is 25.7 Å². The molecule has 2 aromatic carbocycles. The van der Waals surface area contributed by atoms with Gasteiger partial charge in [-0.15, -0.1) is 0 Å². The van der Waals surface area contributed by atoms with Crippen LogP contribution in [0.3, 0.4) is 0 Å². The Morgan fingerprint density at radius 2 is 1.50 bits per heavy atom. The van der Waals surface area contributed by atoms with Gasteiger partial charge in [0.25, 0.3) is 0 Å². The van der Waals surface area contributed by atoms with Crippen LogP contribution in [-0.2, 0) is 0 Å². The van der Waals surface area contributed by atoms with E-state index >= 15 is 0 Å². The van der Waals surface area contributed by atoms with Gasteiger partial charge < -0.3 is 4.90 Å². The van der Waals surface area contributed by atoms with Crippen molar-refractivity contribution in [1.29, 1.82) is 0 Å². The molecule has 0 bridgehead atoms. The molecular weight excluding hydrogens is 318 g/mol. The summed E-state index contributed by atoms with van der Waals surface area (Å²) >= 11 is 5.86. The summed E-state index contributed by atoms with van der Waals surface area (Å²) in [5.74, 6) is 0.0207. The molecule has 2 aromatic rings. The smallest absolute Gasteiger partial charge is 0.185 e. The number of anilines is 1. The third kappa shape index (κ3) is 4.48. The highest BCUT2D eigenvalue weighted by Gasteiger charge is 2.10. The average molecular weight is 340 g/mol. The number of carbonyl (C=O) groups excluding carboxylic acids is 1. The number of carbonyl (C=O) groups is 1. The van der Waals surface area contributed by atoms with Gasteiger partial charge in [0.15, 0.2) is 5.78 Å². The molecule has 1 fully saturated rings. The fourth-order valence-corrected chi connectivity index (χ4v) is 3.13. The number of allylic oxidation sites excluding steroid dienone is 1. The van der Waals surface area contributed by atoms with Crippen molar-refractivity contribution in [2.75, 3.05) is 18.0 Å². The summed E-state index contributed by atoms with van der Waals surface area (Å²) in [7, 11) is 0. The summed E-state index contributed by atoms with van der Waals surface area (Å²) in [6.07, 6.45) is 8.59. The van der Waals surface area contributed by atoms with E-state index in [9.17, 15) is 4.79 Å². The van der Waals surface area contributed by atoms with Crippen molar-refractivity contribution in [1.82, 2.24) is 0 Å². The van der Waals surface area contributed by atoms with E-state index in [0.29, 0.717) is 5.02 Å². The average Bonchev–Trinajstić information content (AvgIpc) is 2.90. The Balaban J connectivity index is 1.66. The Morgan fingerprint density at radius 1 is 0.875 bits per heavy atom. The summed E-state index contributed by atoms with van der Waals surface area (Å²) in [6, 6.07) is 15.4. The third-order valence-electron chi connectivity index (χ3n) is 4.42. The van der Waals surface area contributed by atoms with Crippen LogP contribution in [-0.4, -0.2) is 18.9 Å². The normalized spacial score (nSPS) is 15.5. The van der Waals surface area contributed by atoms with Gasteiger partial charge in [0.2, 0.25) is 0 Å². The number of ketones is 1. The van der Waals surface area contributed by atoms with Gasteiger partial charge in [-0.2, -0.15) is 0 Å². The number of benzene rings is 2. The lowest BCUT2D eigenvalue weighted by atomic mass is 10.1. The van der Waals surface area contributed by atoms with Crippen molar-refractivity contribution in [3.63, 3.8) is 0 Å². The minimum Gasteiger partial charge on any atom is -0.372 e. The van der Waals surface area contributed by atoms with Crippen molar-refractivity contribution in [3.05, 3.63) is 70.8 Å². The van der Waals surface area contributed by atoms with Gasteiger partial charge in [-0.05, 0) is 60.9 Å². The van der Waals surface area contributed by atoms with E-state index in [2.05, 4.69) is 17.0 Å². The fraction of sp³-hybridized carbons (Fsp3) is 0.286. The Morgan fingerprint density at radius 3 is 2.12 bits per heavy atom. The summed E-state index contributed by atoms with van der Waals surface area (Å²) < 4.78 is 0. The monoisotopic (exact) mass is 339 g/mol. The van der Waals surface area contributed by atoms with Crippen LogP contribution in [0, 0.1) is 0 Å². The molecule has 0 saturated carbocycles. The minimum atomic E-state index is 0.0207. The lowest BCUT2D eigenvalue weighted by Crippen LogP contribution is -2.23. The number of halogens is 1. The predicted molar refractivity (Wildman–Crippen MR) is 102 cm³/mol. The van der Waals surface area contributed by atoms with Gasteiger partial charge in [-0.25, -0.2) is 0 Å². The van der Waals surface area contributed by atoms with Gasteiger partial charge in [-0.3, -0.25) is 4.79 Å². The van der Waals surface area contributed by atoms with Crippen LogP contribution < -0.4 is 4.90 Å². The molecule has 1 aliphatic rings. The molecule has 2 nitrogen and oxygen atoms in total. The molecular formula is C21H22ClNO. The van der Waals surface area contributed by atoms with Crippen LogP contribution in [0.4, 0.5) is 5.69 Å². The highest BCUT2D eigenvalue weighted by Crippen LogP contribution is 2.20. The third-order valence-corrected chi connectivity index (χ3v) is 4.67. The summed E-state index contributed by atoms with van der Waals surface area (Å²) in [5.41, 5.74) is 2.91. The Bertz CT molecular complexity index is 696. The first-order valence-corrected chi connectivity index (χ1v) is 8.93. The van der Waals surface area contributed by atoms with Gasteiger partial charge in [0.05, 0.1) is 0 Å².